The highest BCUT2D eigenvalue weighted by atomic mass is 35.5. The van der Waals surface area contributed by atoms with Gasteiger partial charge in [0, 0.05) is 17.7 Å². The maximum atomic E-state index is 11.9. The number of benzene rings is 1. The smallest absolute Gasteiger partial charge is 0.341 e. The molecule has 0 heterocycles. The third kappa shape index (κ3) is 13.3. The summed E-state index contributed by atoms with van der Waals surface area (Å²) in [6.45, 7) is 4.34. The molecule has 0 saturated carbocycles. The van der Waals surface area contributed by atoms with Crippen LogP contribution in [0.5, 0.6) is 5.75 Å². The molecule has 16 heteroatoms. The maximum absolute atomic E-state index is 11.9. The normalized spacial score (nSPS) is 11.6. The van der Waals surface area contributed by atoms with Crippen LogP contribution in [0, 0.1) is 0 Å². The molecular weight excluding hydrogens is 581 g/mol. The number of halogens is 2. The van der Waals surface area contributed by atoms with E-state index in [1.165, 1.54) is 12.1 Å². The van der Waals surface area contributed by atoms with Gasteiger partial charge in [-0.3, -0.25) is 24.0 Å². The molecule has 0 fully saturated rings. The zero-order valence-corrected chi connectivity index (χ0v) is 23.1. The summed E-state index contributed by atoms with van der Waals surface area (Å²) in [5.74, 6) is -5.01. The Labute approximate surface area is 239 Å². The van der Waals surface area contributed by atoms with Crippen molar-refractivity contribution < 1.29 is 48.8 Å². The molecule has 0 saturated heterocycles. The van der Waals surface area contributed by atoms with Crippen LogP contribution in [0.1, 0.15) is 36.5 Å². The van der Waals surface area contributed by atoms with Crippen LogP contribution in [-0.2, 0) is 24.0 Å². The van der Waals surface area contributed by atoms with Crippen molar-refractivity contribution in [3.8, 4) is 5.75 Å². The first-order valence-corrected chi connectivity index (χ1v) is 12.5. The molecule has 1 aromatic carbocycles. The number of nitrogens with one attached hydrogen (secondary N) is 2. The first-order chi connectivity index (χ1) is 18.2. The van der Waals surface area contributed by atoms with Crippen LogP contribution in [0.15, 0.2) is 24.3 Å². The van der Waals surface area contributed by atoms with E-state index in [9.17, 15) is 28.8 Å². The predicted octanol–water partition coefficient (Wildman–Crippen LogP) is 1.40. The number of nitrogens with two attached hydrogens (primary N) is 1. The van der Waals surface area contributed by atoms with Crippen LogP contribution in [0.2, 0.25) is 10.0 Å². The second-order valence-electron chi connectivity index (χ2n) is 7.61. The van der Waals surface area contributed by atoms with Crippen LogP contribution >= 0.6 is 35.8 Å². The summed E-state index contributed by atoms with van der Waals surface area (Å²) in [6, 6.07) is 0.698. The van der Waals surface area contributed by atoms with E-state index in [0.717, 1.165) is 0 Å². The van der Waals surface area contributed by atoms with E-state index in [2.05, 4.69) is 29.8 Å². The van der Waals surface area contributed by atoms with Crippen LogP contribution in [-0.4, -0.2) is 81.8 Å². The number of hydrogen-bond donors (Lipinski definition) is 7. The SMILES string of the molecule is C=C(CC)C(=O)c1ccc(OCC(=O)O)c(Cl)c1Cl.NC(CCC(=O)NC(CS)C(=O)NCC(=O)O)C(=O)O. The first-order valence-electron chi connectivity index (χ1n) is 11.1. The van der Waals surface area contributed by atoms with Gasteiger partial charge in [0.15, 0.2) is 12.4 Å². The zero-order chi connectivity index (χ0) is 30.3. The molecular formula is C23H29Cl2N3O10S. The summed E-state index contributed by atoms with van der Waals surface area (Å²) in [4.78, 5) is 66.1. The fourth-order valence-electron chi connectivity index (χ4n) is 2.47. The molecule has 0 bridgehead atoms. The Balaban J connectivity index is 0.000000741. The van der Waals surface area contributed by atoms with Gasteiger partial charge in [0.2, 0.25) is 11.8 Å². The number of ether oxygens (including phenoxy) is 1. The number of carbonyl (C=O) groups is 6. The Morgan fingerprint density at radius 3 is 2.18 bits per heavy atom. The van der Waals surface area contributed by atoms with Crippen LogP contribution in [0.4, 0.5) is 0 Å². The molecule has 13 nitrogen and oxygen atoms in total. The highest BCUT2D eigenvalue weighted by Crippen LogP contribution is 2.35. The minimum atomic E-state index is -1.22. The Bertz CT molecular complexity index is 1100. The molecule has 2 amide bonds. The Morgan fingerprint density at radius 1 is 1.08 bits per heavy atom. The summed E-state index contributed by atoms with van der Waals surface area (Å²) in [5, 5.41) is 29.9. The molecule has 7 N–H and O–H groups in total. The van der Waals surface area contributed by atoms with Gasteiger partial charge in [-0.2, -0.15) is 12.6 Å². The van der Waals surface area contributed by atoms with Crippen LogP contribution < -0.4 is 21.1 Å². The van der Waals surface area contributed by atoms with E-state index < -0.39 is 55.0 Å². The molecule has 0 aliphatic carbocycles. The number of carbonyl (C=O) groups excluding carboxylic acids is 3. The number of amides is 2. The highest BCUT2D eigenvalue weighted by Gasteiger charge is 2.21. The molecule has 0 radical (unpaired) electrons. The molecule has 216 valence electrons. The molecule has 2 atom stereocenters. The van der Waals surface area contributed by atoms with E-state index in [1.807, 2.05) is 0 Å². The predicted molar refractivity (Wildman–Crippen MR) is 145 cm³/mol. The molecule has 0 aliphatic rings. The van der Waals surface area contributed by atoms with E-state index >= 15 is 0 Å². The highest BCUT2D eigenvalue weighted by molar-refractivity contribution is 7.80. The van der Waals surface area contributed by atoms with Crippen molar-refractivity contribution in [2.45, 2.75) is 38.3 Å². The second-order valence-corrected chi connectivity index (χ2v) is 8.73. The monoisotopic (exact) mass is 609 g/mol. The van der Waals surface area contributed by atoms with Crippen LogP contribution in [0.3, 0.4) is 0 Å². The van der Waals surface area contributed by atoms with Gasteiger partial charge in [0.25, 0.3) is 0 Å². The summed E-state index contributed by atoms with van der Waals surface area (Å²) in [6.07, 6.45) is 0.269. The first kappa shape index (κ1) is 35.7. The number of allylic oxidation sites excluding steroid dienone is 1. The molecule has 1 aromatic rings. The van der Waals surface area contributed by atoms with Gasteiger partial charge in [-0.15, -0.1) is 0 Å². The molecule has 1 rings (SSSR count). The lowest BCUT2D eigenvalue weighted by Gasteiger charge is -2.16. The van der Waals surface area contributed by atoms with Gasteiger partial charge in [-0.25, -0.2) is 4.79 Å². The molecule has 0 aromatic heterocycles. The summed E-state index contributed by atoms with van der Waals surface area (Å²) >= 11 is 15.8. The third-order valence-corrected chi connectivity index (χ3v) is 5.87. The number of rotatable bonds is 15. The number of thiol groups is 1. The van der Waals surface area contributed by atoms with Crippen molar-refractivity contribution in [2.75, 3.05) is 18.9 Å². The average molecular weight is 610 g/mol. The van der Waals surface area contributed by atoms with E-state index in [0.29, 0.717) is 12.0 Å². The molecule has 39 heavy (non-hydrogen) atoms. The van der Waals surface area contributed by atoms with Crippen LogP contribution in [0.25, 0.3) is 0 Å². The molecule has 0 spiro atoms. The number of aliphatic carboxylic acids is 3. The third-order valence-electron chi connectivity index (χ3n) is 4.64. The standard InChI is InChI=1S/C13H12Cl2O4.C10H17N3O6S/c1-3-7(2)13(18)8-4-5-9(12(15)11(8)14)19-6-10(16)17;11-5(10(18)19)1-2-7(14)13-6(4-20)9(17)12-3-8(15)16/h4-5H,2-3,6H2,1H3,(H,16,17);5-6,20H,1-4,11H2,(H,12,17)(H,13,14)(H,15,16)(H,18,19). The minimum absolute atomic E-state index is 0.0117. The van der Waals surface area contributed by atoms with Gasteiger partial charge >= 0.3 is 17.9 Å². The molecule has 0 aliphatic heterocycles. The van der Waals surface area contributed by atoms with E-state index in [1.54, 1.807) is 6.92 Å². The lowest BCUT2D eigenvalue weighted by atomic mass is 10.0. The van der Waals surface area contributed by atoms with Crippen molar-refractivity contribution in [3.63, 3.8) is 0 Å². The minimum Gasteiger partial charge on any atom is -0.480 e. The lowest BCUT2D eigenvalue weighted by Crippen LogP contribution is -2.49. The Hall–Kier alpha value is -3.33. The zero-order valence-electron chi connectivity index (χ0n) is 20.7. The fraction of sp³-hybridized carbons (Fsp3) is 0.391. The van der Waals surface area contributed by atoms with Gasteiger partial charge in [-0.05, 0) is 30.5 Å². The Morgan fingerprint density at radius 2 is 1.69 bits per heavy atom. The quantitative estimate of drug-likeness (QED) is 0.0854. The lowest BCUT2D eigenvalue weighted by molar-refractivity contribution is -0.140. The topological polar surface area (TPSA) is 222 Å². The van der Waals surface area contributed by atoms with Gasteiger partial charge < -0.3 is 36.4 Å². The maximum Gasteiger partial charge on any atom is 0.341 e. The van der Waals surface area contributed by atoms with Crippen molar-refractivity contribution >= 4 is 71.3 Å². The van der Waals surface area contributed by atoms with Crippen molar-refractivity contribution in [1.29, 1.82) is 0 Å². The average Bonchev–Trinajstić information content (AvgIpc) is 2.88. The Kier molecular flexibility index (Phi) is 16.5. The number of ketones is 1. The summed E-state index contributed by atoms with van der Waals surface area (Å²) < 4.78 is 4.95. The van der Waals surface area contributed by atoms with Gasteiger partial charge in [-0.1, -0.05) is 36.7 Å². The van der Waals surface area contributed by atoms with Gasteiger partial charge in [0.05, 0.1) is 5.02 Å². The van der Waals surface area contributed by atoms with Gasteiger partial charge in [0.1, 0.15) is 29.4 Å². The second kappa shape index (κ2) is 18.0. The number of carboxylic acid groups (broad SMARTS) is 3. The van der Waals surface area contributed by atoms with E-state index in [-0.39, 0.29) is 45.7 Å². The summed E-state index contributed by atoms with van der Waals surface area (Å²) in [5.41, 5.74) is 5.87. The number of Topliss-reactive ketones (excluding diaryl/α,β-unsaturated/α-hetero) is 1. The van der Waals surface area contributed by atoms with Crippen molar-refractivity contribution in [3.05, 3.63) is 39.9 Å². The largest absolute Gasteiger partial charge is 0.480 e. The molecule has 2 unspecified atom stereocenters. The number of carboxylic acids is 3. The van der Waals surface area contributed by atoms with E-state index in [4.69, 9.17) is 49.0 Å². The summed E-state index contributed by atoms with van der Waals surface area (Å²) in [7, 11) is 0. The van der Waals surface area contributed by atoms with Crippen molar-refractivity contribution in [2.24, 2.45) is 5.73 Å². The van der Waals surface area contributed by atoms with Crippen molar-refractivity contribution in [1.82, 2.24) is 10.6 Å². The number of hydrogen-bond acceptors (Lipinski definition) is 9. The fourth-order valence-corrected chi connectivity index (χ4v) is 3.18.